The number of carboxylic acid groups (broad SMARTS) is 1. The molecule has 0 saturated heterocycles. The maximum Gasteiger partial charge on any atom is 0.338 e. The third kappa shape index (κ3) is 2.72. The molecule has 0 radical (unpaired) electrons. The minimum atomic E-state index is -1.48. The Balaban J connectivity index is 2.01. The number of fused-ring (bicyclic) bond motifs is 3. The van der Waals surface area contributed by atoms with Gasteiger partial charge in [0.1, 0.15) is 29.0 Å². The first kappa shape index (κ1) is 17.1. The number of carbonyl (C=O) groups is 1. The minimum Gasteiger partial charge on any atom is -0.478 e. The van der Waals surface area contributed by atoms with E-state index in [-0.39, 0.29) is 33.6 Å². The van der Waals surface area contributed by atoms with Crippen LogP contribution in [0.4, 0.5) is 24.5 Å². The van der Waals surface area contributed by atoms with E-state index in [1.54, 1.807) is 0 Å². The van der Waals surface area contributed by atoms with Gasteiger partial charge in [0.25, 0.3) is 0 Å². The summed E-state index contributed by atoms with van der Waals surface area (Å²) in [5, 5.41) is 18.1. The Morgan fingerprint density at radius 3 is 2.48 bits per heavy atom. The molecule has 4 rings (SSSR count). The number of H-pyrrole nitrogens is 1. The van der Waals surface area contributed by atoms with Crippen LogP contribution in [0.15, 0.2) is 35.3 Å². The van der Waals surface area contributed by atoms with Crippen molar-refractivity contribution < 1.29 is 23.1 Å². The van der Waals surface area contributed by atoms with E-state index in [9.17, 15) is 18.0 Å². The third-order valence-corrected chi connectivity index (χ3v) is 4.24. The Morgan fingerprint density at radius 2 is 1.81 bits per heavy atom. The number of aromatic carboxylic acids is 1. The first-order valence-electron chi connectivity index (χ1n) is 7.48. The molecule has 0 saturated carbocycles. The number of benzene rings is 2. The molecule has 136 valence electrons. The van der Waals surface area contributed by atoms with Crippen molar-refractivity contribution in [2.24, 2.45) is 4.99 Å². The van der Waals surface area contributed by atoms with E-state index in [4.69, 9.17) is 16.7 Å². The molecular formula is C17H8ClF3N4O2. The topological polar surface area (TPSA) is 90.4 Å². The van der Waals surface area contributed by atoms with Gasteiger partial charge in [-0.25, -0.2) is 23.0 Å². The molecule has 10 heteroatoms. The number of halogens is 4. The van der Waals surface area contributed by atoms with E-state index in [1.165, 1.54) is 6.07 Å². The van der Waals surface area contributed by atoms with Gasteiger partial charge in [0.05, 0.1) is 22.5 Å². The number of carboxylic acids is 1. The first-order valence-corrected chi connectivity index (χ1v) is 7.85. The Hall–Kier alpha value is -3.33. The molecule has 2 aromatic carbocycles. The van der Waals surface area contributed by atoms with Gasteiger partial charge in [0.2, 0.25) is 0 Å². The summed E-state index contributed by atoms with van der Waals surface area (Å²) in [7, 11) is 0. The van der Waals surface area contributed by atoms with Crippen LogP contribution in [-0.2, 0) is 0 Å². The van der Waals surface area contributed by atoms with Crippen molar-refractivity contribution in [3.63, 3.8) is 0 Å². The molecule has 1 aliphatic rings. The summed E-state index contributed by atoms with van der Waals surface area (Å²) in [6.45, 7) is 0. The molecule has 0 spiro atoms. The van der Waals surface area contributed by atoms with Gasteiger partial charge in [0.15, 0.2) is 5.15 Å². The van der Waals surface area contributed by atoms with Crippen LogP contribution in [0.1, 0.15) is 15.9 Å². The average molecular weight is 393 g/mol. The first-order chi connectivity index (χ1) is 12.9. The van der Waals surface area contributed by atoms with Crippen LogP contribution in [0.25, 0.3) is 11.3 Å². The summed E-state index contributed by atoms with van der Waals surface area (Å²) >= 11 is 6.01. The number of anilines is 1. The molecule has 3 N–H and O–H groups in total. The number of hydrogen-bond donors (Lipinski definition) is 3. The molecule has 0 bridgehead atoms. The van der Waals surface area contributed by atoms with E-state index >= 15 is 0 Å². The summed E-state index contributed by atoms with van der Waals surface area (Å²) in [5.74, 6) is -4.57. The number of aromatic amines is 1. The van der Waals surface area contributed by atoms with E-state index in [0.29, 0.717) is 0 Å². The van der Waals surface area contributed by atoms with Crippen molar-refractivity contribution in [1.82, 2.24) is 10.2 Å². The number of rotatable bonds is 2. The molecule has 2 heterocycles. The molecule has 0 unspecified atom stereocenters. The minimum absolute atomic E-state index is 0.0310. The van der Waals surface area contributed by atoms with Gasteiger partial charge < -0.3 is 10.4 Å². The molecule has 0 fully saturated rings. The molecule has 3 aromatic rings. The maximum atomic E-state index is 14.2. The number of amidine groups is 1. The zero-order valence-corrected chi connectivity index (χ0v) is 13.9. The van der Waals surface area contributed by atoms with Crippen molar-refractivity contribution in [3.05, 3.63) is 64.1 Å². The number of aromatic nitrogens is 2. The molecule has 0 amide bonds. The van der Waals surface area contributed by atoms with Crippen molar-refractivity contribution >= 4 is 34.8 Å². The van der Waals surface area contributed by atoms with Gasteiger partial charge in [-0.2, -0.15) is 5.10 Å². The summed E-state index contributed by atoms with van der Waals surface area (Å²) in [4.78, 5) is 15.4. The van der Waals surface area contributed by atoms with Crippen LogP contribution >= 0.6 is 11.6 Å². The standard InChI is InChI=1S/C17H8ClF3N4O2/c18-15-14-13(24-25-15)7-4-6(17(26)27)10(21)5-11(7)22-16(23-14)12-8(19)2-1-3-9(12)20/h1-5H,(H,22,23)(H,24,25)(H,26,27). The van der Waals surface area contributed by atoms with Gasteiger partial charge >= 0.3 is 5.97 Å². The smallest absolute Gasteiger partial charge is 0.338 e. The Bertz CT molecular complexity index is 1120. The SMILES string of the molecule is O=C(O)c1cc2c(cc1F)NC(c1c(F)cccc1F)=Nc1c(Cl)n[nH]c1-2. The van der Waals surface area contributed by atoms with Gasteiger partial charge in [-0.1, -0.05) is 17.7 Å². The second kappa shape index (κ2) is 6.13. The number of aliphatic imine (C=N–C) groups is 1. The molecule has 0 aliphatic carbocycles. The lowest BCUT2D eigenvalue weighted by Gasteiger charge is -2.13. The van der Waals surface area contributed by atoms with Gasteiger partial charge in [-0.05, 0) is 24.3 Å². The zero-order valence-electron chi connectivity index (χ0n) is 13.1. The molecule has 0 atom stereocenters. The highest BCUT2D eigenvalue weighted by molar-refractivity contribution is 6.33. The van der Waals surface area contributed by atoms with Crippen molar-refractivity contribution in [3.8, 4) is 11.3 Å². The quantitative estimate of drug-likeness (QED) is 0.604. The Kier molecular flexibility index (Phi) is 3.88. The summed E-state index contributed by atoms with van der Waals surface area (Å²) in [6, 6.07) is 5.23. The highest BCUT2D eigenvalue weighted by Gasteiger charge is 2.27. The predicted molar refractivity (Wildman–Crippen MR) is 92.1 cm³/mol. The Morgan fingerprint density at radius 1 is 1.11 bits per heavy atom. The van der Waals surface area contributed by atoms with E-state index in [2.05, 4.69) is 20.5 Å². The number of hydrogen-bond acceptors (Lipinski definition) is 4. The number of nitrogens with zero attached hydrogens (tertiary/aromatic N) is 2. The van der Waals surface area contributed by atoms with Gasteiger partial charge in [0, 0.05) is 5.56 Å². The molecule has 6 nitrogen and oxygen atoms in total. The second-order valence-corrected chi connectivity index (χ2v) is 5.96. The zero-order chi connectivity index (χ0) is 19.3. The highest BCUT2D eigenvalue weighted by atomic mass is 35.5. The van der Waals surface area contributed by atoms with Gasteiger partial charge in [-0.15, -0.1) is 0 Å². The number of nitrogens with one attached hydrogen (secondary N) is 2. The van der Waals surface area contributed by atoms with E-state index in [0.717, 1.165) is 24.3 Å². The monoisotopic (exact) mass is 392 g/mol. The maximum absolute atomic E-state index is 14.2. The van der Waals surface area contributed by atoms with Crippen LogP contribution in [0.3, 0.4) is 0 Å². The summed E-state index contributed by atoms with van der Waals surface area (Å²) in [5.41, 5.74) is -0.638. The highest BCUT2D eigenvalue weighted by Crippen LogP contribution is 2.41. The fraction of sp³-hybridized carbons (Fsp3) is 0. The molecular weight excluding hydrogens is 385 g/mol. The molecule has 1 aliphatic heterocycles. The van der Waals surface area contributed by atoms with Crippen LogP contribution in [0.5, 0.6) is 0 Å². The van der Waals surface area contributed by atoms with E-state index in [1.807, 2.05) is 0 Å². The lowest BCUT2D eigenvalue weighted by molar-refractivity contribution is 0.0692. The lowest BCUT2D eigenvalue weighted by Crippen LogP contribution is -2.17. The van der Waals surface area contributed by atoms with Crippen molar-refractivity contribution in [2.75, 3.05) is 5.32 Å². The summed E-state index contributed by atoms with van der Waals surface area (Å²) < 4.78 is 42.6. The lowest BCUT2D eigenvalue weighted by atomic mass is 10.0. The van der Waals surface area contributed by atoms with Crippen LogP contribution in [0, 0.1) is 17.5 Å². The van der Waals surface area contributed by atoms with Crippen molar-refractivity contribution in [2.45, 2.75) is 0 Å². The normalized spacial score (nSPS) is 12.5. The fourth-order valence-corrected chi connectivity index (χ4v) is 2.94. The van der Waals surface area contributed by atoms with Crippen LogP contribution < -0.4 is 5.32 Å². The van der Waals surface area contributed by atoms with E-state index < -0.39 is 34.5 Å². The predicted octanol–water partition coefficient (Wildman–Crippen LogP) is 4.35. The average Bonchev–Trinajstić information content (AvgIpc) is 2.87. The van der Waals surface area contributed by atoms with Crippen LogP contribution in [0.2, 0.25) is 5.15 Å². The molecule has 27 heavy (non-hydrogen) atoms. The molecule has 1 aromatic heterocycles. The van der Waals surface area contributed by atoms with Gasteiger partial charge in [-0.3, -0.25) is 5.10 Å². The van der Waals surface area contributed by atoms with Crippen molar-refractivity contribution in [1.29, 1.82) is 0 Å². The third-order valence-electron chi connectivity index (χ3n) is 3.98. The summed E-state index contributed by atoms with van der Waals surface area (Å²) in [6.07, 6.45) is 0. The Labute approximate surface area is 154 Å². The fourth-order valence-electron chi connectivity index (χ4n) is 2.76. The second-order valence-electron chi connectivity index (χ2n) is 5.60. The largest absolute Gasteiger partial charge is 0.478 e. The van der Waals surface area contributed by atoms with Crippen LogP contribution in [-0.4, -0.2) is 27.1 Å².